The van der Waals surface area contributed by atoms with E-state index in [2.05, 4.69) is 44.2 Å². The van der Waals surface area contributed by atoms with Gasteiger partial charge in [-0.2, -0.15) is 11.8 Å². The lowest BCUT2D eigenvalue weighted by atomic mass is 10.0. The molecule has 4 nitrogen and oxygen atoms in total. The van der Waals surface area contributed by atoms with Crippen LogP contribution in [0.3, 0.4) is 0 Å². The number of thioether (sulfide) groups is 1. The highest BCUT2D eigenvalue weighted by Gasteiger charge is 2.26. The smallest absolute Gasteiger partial charge is 0.122 e. The number of imidazole rings is 1. The van der Waals surface area contributed by atoms with Crippen molar-refractivity contribution in [3.63, 3.8) is 0 Å². The lowest BCUT2D eigenvalue weighted by Gasteiger charge is -2.40. The Balaban J connectivity index is 1.48. The molecule has 0 radical (unpaired) electrons. The quantitative estimate of drug-likeness (QED) is 0.847. The van der Waals surface area contributed by atoms with E-state index in [0.29, 0.717) is 0 Å². The molecule has 0 amide bonds. The van der Waals surface area contributed by atoms with E-state index < -0.39 is 0 Å². The predicted octanol–water partition coefficient (Wildman–Crippen LogP) is 1.92. The molecule has 0 aromatic carbocycles. The van der Waals surface area contributed by atoms with Crippen LogP contribution in [0.4, 0.5) is 0 Å². The Labute approximate surface area is 126 Å². The molecular weight excluding hydrogens is 268 g/mol. The minimum atomic E-state index is 0.832. The molecule has 0 saturated carbocycles. The average Bonchev–Trinajstić information content (AvgIpc) is 2.96. The zero-order valence-corrected chi connectivity index (χ0v) is 13.3. The molecule has 5 heteroatoms. The van der Waals surface area contributed by atoms with Gasteiger partial charge in [0.05, 0.1) is 6.54 Å². The molecule has 0 bridgehead atoms. The minimum absolute atomic E-state index is 0.832. The van der Waals surface area contributed by atoms with Gasteiger partial charge < -0.3 is 4.57 Å². The van der Waals surface area contributed by atoms with Crippen molar-refractivity contribution in [3.05, 3.63) is 18.2 Å². The number of hydrogen-bond donors (Lipinski definition) is 0. The highest BCUT2D eigenvalue weighted by molar-refractivity contribution is 7.99. The van der Waals surface area contributed by atoms with Gasteiger partial charge >= 0.3 is 0 Å². The first-order chi connectivity index (χ1) is 9.86. The third-order valence-electron chi connectivity index (χ3n) is 4.63. The van der Waals surface area contributed by atoms with E-state index in [1.54, 1.807) is 0 Å². The normalized spacial score (nSPS) is 23.2. The highest BCUT2D eigenvalue weighted by atomic mass is 32.2. The standard InChI is InChI=1S/C15H26N4S/c1-2-18-8-5-16-15(18)13-17-6-3-14(4-7-17)19-9-11-20-12-10-19/h5,8,14H,2-4,6-7,9-13H2,1H3. The topological polar surface area (TPSA) is 24.3 Å². The second kappa shape index (κ2) is 6.96. The zero-order chi connectivity index (χ0) is 13.8. The van der Waals surface area contributed by atoms with Crippen molar-refractivity contribution in [1.82, 2.24) is 19.4 Å². The second-order valence-electron chi connectivity index (χ2n) is 5.79. The molecular formula is C15H26N4S. The Kier molecular flexibility index (Phi) is 5.02. The largest absolute Gasteiger partial charge is 0.334 e. The van der Waals surface area contributed by atoms with Gasteiger partial charge in [0.25, 0.3) is 0 Å². The Morgan fingerprint density at radius 2 is 1.95 bits per heavy atom. The number of aromatic nitrogens is 2. The van der Waals surface area contributed by atoms with Gasteiger partial charge in [0.2, 0.25) is 0 Å². The number of nitrogens with zero attached hydrogens (tertiary/aromatic N) is 4. The van der Waals surface area contributed by atoms with Crippen LogP contribution in [0.25, 0.3) is 0 Å². The molecule has 2 aliphatic rings. The Morgan fingerprint density at radius 3 is 2.65 bits per heavy atom. The van der Waals surface area contributed by atoms with Gasteiger partial charge in [-0.15, -0.1) is 0 Å². The van der Waals surface area contributed by atoms with Crippen molar-refractivity contribution in [1.29, 1.82) is 0 Å². The van der Waals surface area contributed by atoms with Crippen molar-refractivity contribution in [2.45, 2.75) is 38.9 Å². The molecule has 0 atom stereocenters. The van der Waals surface area contributed by atoms with Crippen LogP contribution in [0.1, 0.15) is 25.6 Å². The van der Waals surface area contributed by atoms with E-state index in [1.807, 2.05) is 6.20 Å². The summed E-state index contributed by atoms with van der Waals surface area (Å²) >= 11 is 2.11. The lowest BCUT2D eigenvalue weighted by molar-refractivity contribution is 0.110. The van der Waals surface area contributed by atoms with Crippen LogP contribution in [0.2, 0.25) is 0 Å². The summed E-state index contributed by atoms with van der Waals surface area (Å²) in [5.74, 6) is 3.88. The van der Waals surface area contributed by atoms with Gasteiger partial charge in [-0.3, -0.25) is 9.80 Å². The fraction of sp³-hybridized carbons (Fsp3) is 0.800. The molecule has 2 saturated heterocycles. The van der Waals surface area contributed by atoms with E-state index in [1.165, 1.54) is 56.4 Å². The molecule has 2 fully saturated rings. The molecule has 3 rings (SSSR count). The SMILES string of the molecule is CCn1ccnc1CN1CCC(N2CCSCC2)CC1. The number of aryl methyl sites for hydroxylation is 1. The lowest BCUT2D eigenvalue weighted by Crippen LogP contribution is -2.47. The number of likely N-dealkylation sites (tertiary alicyclic amines) is 1. The minimum Gasteiger partial charge on any atom is -0.334 e. The predicted molar refractivity (Wildman–Crippen MR) is 85.1 cm³/mol. The number of piperidine rings is 1. The monoisotopic (exact) mass is 294 g/mol. The number of rotatable bonds is 4. The van der Waals surface area contributed by atoms with Gasteiger partial charge in [-0.1, -0.05) is 0 Å². The average molecular weight is 294 g/mol. The summed E-state index contributed by atoms with van der Waals surface area (Å²) in [4.78, 5) is 9.79. The third-order valence-corrected chi connectivity index (χ3v) is 5.57. The highest BCUT2D eigenvalue weighted by Crippen LogP contribution is 2.21. The van der Waals surface area contributed by atoms with Crippen LogP contribution in [-0.4, -0.2) is 63.1 Å². The van der Waals surface area contributed by atoms with Crippen molar-refractivity contribution in [2.75, 3.05) is 37.7 Å². The van der Waals surface area contributed by atoms with E-state index in [4.69, 9.17) is 0 Å². The molecule has 112 valence electrons. The van der Waals surface area contributed by atoms with Gasteiger partial charge in [0.15, 0.2) is 0 Å². The van der Waals surface area contributed by atoms with Crippen molar-refractivity contribution in [2.24, 2.45) is 0 Å². The van der Waals surface area contributed by atoms with E-state index in [-0.39, 0.29) is 0 Å². The maximum Gasteiger partial charge on any atom is 0.122 e. The van der Waals surface area contributed by atoms with Crippen LogP contribution < -0.4 is 0 Å². The first-order valence-electron chi connectivity index (χ1n) is 7.91. The molecule has 1 aromatic heterocycles. The molecule has 20 heavy (non-hydrogen) atoms. The van der Waals surface area contributed by atoms with E-state index >= 15 is 0 Å². The Morgan fingerprint density at radius 1 is 1.20 bits per heavy atom. The van der Waals surface area contributed by atoms with Gasteiger partial charge in [-0.25, -0.2) is 4.98 Å². The second-order valence-corrected chi connectivity index (χ2v) is 7.01. The zero-order valence-electron chi connectivity index (χ0n) is 12.5. The summed E-state index contributed by atoms with van der Waals surface area (Å²) < 4.78 is 2.26. The summed E-state index contributed by atoms with van der Waals surface area (Å²) in [5, 5.41) is 0. The Hall–Kier alpha value is -0.520. The fourth-order valence-electron chi connectivity index (χ4n) is 3.36. The number of hydrogen-bond acceptors (Lipinski definition) is 4. The summed E-state index contributed by atoms with van der Waals surface area (Å²) in [6, 6.07) is 0.832. The molecule has 2 aliphatic heterocycles. The van der Waals surface area contributed by atoms with E-state index in [0.717, 1.165) is 19.1 Å². The van der Waals surface area contributed by atoms with Gasteiger partial charge in [0.1, 0.15) is 5.82 Å². The molecule has 0 unspecified atom stereocenters. The summed E-state index contributed by atoms with van der Waals surface area (Å²) in [7, 11) is 0. The molecule has 0 spiro atoms. The van der Waals surface area contributed by atoms with Crippen LogP contribution in [0.15, 0.2) is 12.4 Å². The van der Waals surface area contributed by atoms with Gasteiger partial charge in [0, 0.05) is 62.7 Å². The third kappa shape index (κ3) is 3.38. The molecule has 1 aromatic rings. The van der Waals surface area contributed by atoms with E-state index in [9.17, 15) is 0 Å². The molecule has 0 aliphatic carbocycles. The summed E-state index contributed by atoms with van der Waals surface area (Å²) in [5.41, 5.74) is 0. The van der Waals surface area contributed by atoms with Crippen molar-refractivity contribution in [3.8, 4) is 0 Å². The first kappa shape index (κ1) is 14.4. The maximum absolute atomic E-state index is 4.50. The molecule has 3 heterocycles. The van der Waals surface area contributed by atoms with Gasteiger partial charge in [-0.05, 0) is 19.8 Å². The molecule has 0 N–H and O–H groups in total. The summed E-state index contributed by atoms with van der Waals surface area (Å²) in [6.07, 6.45) is 6.68. The Bertz CT molecular complexity index is 406. The summed E-state index contributed by atoms with van der Waals surface area (Å²) in [6.45, 7) is 9.29. The van der Waals surface area contributed by atoms with Crippen LogP contribution in [-0.2, 0) is 13.1 Å². The van der Waals surface area contributed by atoms with Crippen LogP contribution >= 0.6 is 11.8 Å². The van der Waals surface area contributed by atoms with Crippen LogP contribution in [0.5, 0.6) is 0 Å². The fourth-order valence-corrected chi connectivity index (χ4v) is 4.30. The van der Waals surface area contributed by atoms with Crippen LogP contribution in [0, 0.1) is 0 Å². The van der Waals surface area contributed by atoms with Crippen molar-refractivity contribution >= 4 is 11.8 Å². The van der Waals surface area contributed by atoms with Crippen molar-refractivity contribution < 1.29 is 0 Å². The first-order valence-corrected chi connectivity index (χ1v) is 9.06. The maximum atomic E-state index is 4.50.